The van der Waals surface area contributed by atoms with Crippen LogP contribution in [0.25, 0.3) is 0 Å². The van der Waals surface area contributed by atoms with Crippen molar-refractivity contribution in [3.63, 3.8) is 0 Å². The van der Waals surface area contributed by atoms with Crippen LogP contribution in [-0.4, -0.2) is 39.1 Å². The van der Waals surface area contributed by atoms with Gasteiger partial charge in [0.25, 0.3) is 0 Å². The zero-order valence-corrected chi connectivity index (χ0v) is 19.9. The first-order valence-electron chi connectivity index (χ1n) is 11.5. The summed E-state index contributed by atoms with van der Waals surface area (Å²) >= 11 is 0. The van der Waals surface area contributed by atoms with Gasteiger partial charge in [-0.25, -0.2) is 0 Å². The third kappa shape index (κ3) is 39.3. The number of rotatable bonds is 18. The van der Waals surface area contributed by atoms with Gasteiger partial charge in [0.05, 0.1) is 0 Å². The topological polar surface area (TPSA) is 15.3 Å². The Labute approximate surface area is 173 Å². The van der Waals surface area contributed by atoms with Crippen molar-refractivity contribution in [3.8, 4) is 0 Å². The Morgan fingerprint density at radius 3 is 0.962 bits per heavy atom. The smallest absolute Gasteiger partial charge is 0.00489 e. The van der Waals surface area contributed by atoms with E-state index in [1.807, 2.05) is 26.0 Å². The van der Waals surface area contributed by atoms with E-state index in [2.05, 4.69) is 19.2 Å². The first-order chi connectivity index (χ1) is 12.1. The van der Waals surface area contributed by atoms with E-state index in [0.29, 0.717) is 0 Å². The van der Waals surface area contributed by atoms with E-state index in [1.165, 1.54) is 116 Å². The Morgan fingerprint density at radius 1 is 0.462 bits per heavy atom. The summed E-state index contributed by atoms with van der Waals surface area (Å²) in [6.07, 6.45) is 22.8. The van der Waals surface area contributed by atoms with E-state index in [1.54, 1.807) is 0 Å². The minimum atomic E-state index is 0. The van der Waals surface area contributed by atoms with Crippen LogP contribution in [0, 0.1) is 0 Å². The average Bonchev–Trinajstić information content (AvgIpc) is 2.57. The molecule has 3 heteroatoms. The molecule has 0 saturated heterocycles. The summed E-state index contributed by atoms with van der Waals surface area (Å²) in [4.78, 5) is 2.00. The molecule has 0 aromatic carbocycles. The van der Waals surface area contributed by atoms with Crippen LogP contribution >= 0.6 is 12.4 Å². The summed E-state index contributed by atoms with van der Waals surface area (Å²) in [5.41, 5.74) is 0. The van der Waals surface area contributed by atoms with E-state index in [0.717, 1.165) is 0 Å². The molecule has 2 nitrogen and oxygen atoms in total. The summed E-state index contributed by atoms with van der Waals surface area (Å²) in [7, 11) is 6.00. The van der Waals surface area contributed by atoms with Gasteiger partial charge in [0, 0.05) is 0 Å². The van der Waals surface area contributed by atoms with Gasteiger partial charge < -0.3 is 10.2 Å². The van der Waals surface area contributed by atoms with Crippen molar-refractivity contribution in [2.75, 3.05) is 34.2 Å². The van der Waals surface area contributed by atoms with E-state index < -0.39 is 0 Å². The Hall–Kier alpha value is 0.210. The Bertz CT molecular complexity index is 190. The van der Waals surface area contributed by atoms with E-state index >= 15 is 0 Å². The lowest BCUT2D eigenvalue weighted by Crippen LogP contribution is -2.16. The van der Waals surface area contributed by atoms with Gasteiger partial charge in [-0.2, -0.15) is 0 Å². The number of nitrogens with zero attached hydrogens (tertiary/aromatic N) is 1. The van der Waals surface area contributed by atoms with Gasteiger partial charge in [-0.15, -0.1) is 12.4 Å². The van der Waals surface area contributed by atoms with Crippen molar-refractivity contribution in [1.29, 1.82) is 0 Å². The first kappa shape index (κ1) is 30.9. The van der Waals surface area contributed by atoms with Crippen LogP contribution in [0.15, 0.2) is 0 Å². The van der Waals surface area contributed by atoms with Crippen LogP contribution in [-0.2, 0) is 0 Å². The zero-order chi connectivity index (χ0) is 19.0. The Kier molecular flexibility index (Phi) is 35.6. The highest BCUT2D eigenvalue weighted by molar-refractivity contribution is 5.85. The molecule has 0 aromatic heterocycles. The normalized spacial score (nSPS) is 10.4. The molecule has 0 atom stereocenters. The highest BCUT2D eigenvalue weighted by Crippen LogP contribution is 2.09. The quantitative estimate of drug-likeness (QED) is 0.243. The molecule has 0 spiro atoms. The van der Waals surface area contributed by atoms with E-state index in [-0.39, 0.29) is 12.4 Å². The van der Waals surface area contributed by atoms with Crippen LogP contribution < -0.4 is 5.32 Å². The molecule has 0 rings (SSSR count). The van der Waals surface area contributed by atoms with Gasteiger partial charge in [0.1, 0.15) is 0 Å². The second-order valence-corrected chi connectivity index (χ2v) is 8.04. The largest absolute Gasteiger partial charge is 0.317 e. The zero-order valence-electron chi connectivity index (χ0n) is 19.1. The summed E-state index contributed by atoms with van der Waals surface area (Å²) in [6, 6.07) is 0. The monoisotopic (exact) mass is 392 g/mol. The molecule has 162 valence electrons. The standard InChI is InChI=1S/C20H43N.C3H9N.ClH/c1-3-5-7-9-11-13-15-17-19-21-20-18-16-14-12-10-8-6-4-2;1-4(2)3;/h21H,3-20H2,1-2H3;1-3H3;1H. The molecule has 1 N–H and O–H groups in total. The molecule has 0 unspecified atom stereocenters. The van der Waals surface area contributed by atoms with Crippen molar-refractivity contribution < 1.29 is 0 Å². The van der Waals surface area contributed by atoms with Crippen LogP contribution in [0.3, 0.4) is 0 Å². The molecule has 0 aliphatic rings. The maximum absolute atomic E-state index is 3.61. The van der Waals surface area contributed by atoms with Crippen LogP contribution in [0.2, 0.25) is 0 Å². The van der Waals surface area contributed by atoms with Gasteiger partial charge >= 0.3 is 0 Å². The maximum atomic E-state index is 3.61. The molecule has 0 heterocycles. The molecule has 0 amide bonds. The van der Waals surface area contributed by atoms with Crippen molar-refractivity contribution in [3.05, 3.63) is 0 Å². The summed E-state index contributed by atoms with van der Waals surface area (Å²) in [5.74, 6) is 0. The molecule has 0 saturated carbocycles. The van der Waals surface area contributed by atoms with Crippen LogP contribution in [0.4, 0.5) is 0 Å². The van der Waals surface area contributed by atoms with Crippen LogP contribution in [0.5, 0.6) is 0 Å². The van der Waals surface area contributed by atoms with Crippen molar-refractivity contribution >= 4 is 12.4 Å². The molecule has 0 radical (unpaired) electrons. The molecular weight excluding hydrogens is 340 g/mol. The number of nitrogens with one attached hydrogen (secondary N) is 1. The highest BCUT2D eigenvalue weighted by Gasteiger charge is 1.93. The van der Waals surface area contributed by atoms with E-state index in [4.69, 9.17) is 0 Å². The lowest BCUT2D eigenvalue weighted by Gasteiger charge is -2.05. The first-order valence-corrected chi connectivity index (χ1v) is 11.5. The van der Waals surface area contributed by atoms with Gasteiger partial charge in [-0.1, -0.05) is 104 Å². The molecule has 0 fully saturated rings. The Balaban J connectivity index is -0.000000951. The second kappa shape index (κ2) is 30.0. The summed E-state index contributed by atoms with van der Waals surface area (Å²) < 4.78 is 0. The third-order valence-electron chi connectivity index (χ3n) is 4.41. The fraction of sp³-hybridized carbons (Fsp3) is 1.00. The maximum Gasteiger partial charge on any atom is -0.00489 e. The molecule has 0 aliphatic heterocycles. The number of halogens is 1. The minimum absolute atomic E-state index is 0. The van der Waals surface area contributed by atoms with Crippen molar-refractivity contribution in [2.24, 2.45) is 0 Å². The van der Waals surface area contributed by atoms with Crippen molar-refractivity contribution in [1.82, 2.24) is 10.2 Å². The fourth-order valence-corrected chi connectivity index (χ4v) is 2.89. The Morgan fingerprint density at radius 2 is 0.692 bits per heavy atom. The molecule has 0 bridgehead atoms. The fourth-order valence-electron chi connectivity index (χ4n) is 2.89. The molecule has 26 heavy (non-hydrogen) atoms. The summed E-state index contributed by atoms with van der Waals surface area (Å²) in [5, 5.41) is 3.61. The lowest BCUT2D eigenvalue weighted by atomic mass is 10.1. The predicted octanol–water partition coefficient (Wildman–Crippen LogP) is 7.46. The lowest BCUT2D eigenvalue weighted by molar-refractivity contribution is 0.505. The van der Waals surface area contributed by atoms with Gasteiger partial charge in [0.2, 0.25) is 0 Å². The minimum Gasteiger partial charge on any atom is -0.317 e. The third-order valence-corrected chi connectivity index (χ3v) is 4.41. The van der Waals surface area contributed by atoms with Gasteiger partial charge in [-0.05, 0) is 47.1 Å². The highest BCUT2D eigenvalue weighted by atomic mass is 35.5. The van der Waals surface area contributed by atoms with Crippen molar-refractivity contribution in [2.45, 2.75) is 117 Å². The predicted molar refractivity (Wildman–Crippen MR) is 125 cm³/mol. The second-order valence-electron chi connectivity index (χ2n) is 8.04. The number of unbranched alkanes of at least 4 members (excludes halogenated alkanes) is 14. The van der Waals surface area contributed by atoms with Crippen LogP contribution in [0.1, 0.15) is 117 Å². The van der Waals surface area contributed by atoms with E-state index in [9.17, 15) is 0 Å². The summed E-state index contributed by atoms with van der Waals surface area (Å²) in [6.45, 7) is 7.06. The average molecular weight is 393 g/mol. The molecule has 0 aromatic rings. The number of hydrogen-bond acceptors (Lipinski definition) is 2. The van der Waals surface area contributed by atoms with Gasteiger partial charge in [0.15, 0.2) is 0 Å². The van der Waals surface area contributed by atoms with Gasteiger partial charge in [-0.3, -0.25) is 0 Å². The number of hydrogen-bond donors (Lipinski definition) is 1. The SMILES string of the molecule is CCCCCCCCCCNCCCCCCCCCC.CN(C)C.Cl. The molecule has 0 aliphatic carbocycles. The molecular formula is C23H53ClN2.